The highest BCUT2D eigenvalue weighted by Crippen LogP contribution is 2.21. The number of nitrogens with zero attached hydrogens (tertiary/aromatic N) is 1. The van der Waals surface area contributed by atoms with Crippen molar-refractivity contribution in [3.8, 4) is 0 Å². The molecule has 4 heteroatoms. The molecule has 0 bridgehead atoms. The van der Waals surface area contributed by atoms with Gasteiger partial charge in [0.1, 0.15) is 5.82 Å². The Kier molecular flexibility index (Phi) is 4.09. The van der Waals surface area contributed by atoms with Crippen LogP contribution in [0.2, 0.25) is 0 Å². The minimum Gasteiger partial charge on any atom is -0.388 e. The minimum absolute atomic E-state index is 0.311. The van der Waals surface area contributed by atoms with Gasteiger partial charge in [0.05, 0.1) is 6.10 Å². The van der Waals surface area contributed by atoms with Crippen LogP contribution in [0, 0.1) is 12.7 Å². The molecule has 94 valence electrons. The summed E-state index contributed by atoms with van der Waals surface area (Å²) in [7, 11) is 0. The summed E-state index contributed by atoms with van der Waals surface area (Å²) >= 11 is 3.23. The summed E-state index contributed by atoms with van der Waals surface area (Å²) in [6, 6.07) is 8.30. The number of aliphatic hydroxyl groups excluding tert-OH is 1. The van der Waals surface area contributed by atoms with Gasteiger partial charge in [0.15, 0.2) is 0 Å². The van der Waals surface area contributed by atoms with Crippen molar-refractivity contribution in [2.24, 2.45) is 0 Å². The Morgan fingerprint density at radius 3 is 2.72 bits per heavy atom. The molecule has 2 rings (SSSR count). The van der Waals surface area contributed by atoms with Gasteiger partial charge in [-0.25, -0.2) is 4.39 Å². The van der Waals surface area contributed by atoms with Gasteiger partial charge in [-0.2, -0.15) is 0 Å². The van der Waals surface area contributed by atoms with Gasteiger partial charge in [0, 0.05) is 22.8 Å². The molecule has 2 aromatic rings. The SMILES string of the molecule is Cc1ccc(C(O)Cc2cc(F)cc(Br)c2)cn1. The van der Waals surface area contributed by atoms with Crippen LogP contribution in [0.5, 0.6) is 0 Å². The summed E-state index contributed by atoms with van der Waals surface area (Å²) in [6.07, 6.45) is 1.34. The highest BCUT2D eigenvalue weighted by Gasteiger charge is 2.10. The molecular formula is C14H13BrFNO. The number of aryl methyl sites for hydroxylation is 1. The minimum atomic E-state index is -0.674. The van der Waals surface area contributed by atoms with Crippen LogP contribution in [-0.4, -0.2) is 10.1 Å². The number of aromatic nitrogens is 1. The zero-order chi connectivity index (χ0) is 13.1. The summed E-state index contributed by atoms with van der Waals surface area (Å²) in [5.74, 6) is -0.311. The molecule has 0 saturated heterocycles. The molecule has 1 aromatic heterocycles. The lowest BCUT2D eigenvalue weighted by atomic mass is 10.0. The smallest absolute Gasteiger partial charge is 0.124 e. The van der Waals surface area contributed by atoms with E-state index in [0.29, 0.717) is 10.9 Å². The molecule has 1 unspecified atom stereocenters. The number of halogens is 2. The summed E-state index contributed by atoms with van der Waals surface area (Å²) < 4.78 is 13.9. The van der Waals surface area contributed by atoms with Gasteiger partial charge in [-0.15, -0.1) is 0 Å². The van der Waals surface area contributed by atoms with Crippen LogP contribution in [0.4, 0.5) is 4.39 Å². The van der Waals surface area contributed by atoms with E-state index in [9.17, 15) is 9.50 Å². The maximum Gasteiger partial charge on any atom is 0.124 e. The van der Waals surface area contributed by atoms with E-state index in [4.69, 9.17) is 0 Å². The topological polar surface area (TPSA) is 33.1 Å². The van der Waals surface area contributed by atoms with Crippen molar-refractivity contribution in [3.05, 3.63) is 63.6 Å². The van der Waals surface area contributed by atoms with E-state index in [1.165, 1.54) is 12.1 Å². The van der Waals surface area contributed by atoms with Crippen LogP contribution in [0.3, 0.4) is 0 Å². The first-order chi connectivity index (χ1) is 8.54. The van der Waals surface area contributed by atoms with Crippen LogP contribution < -0.4 is 0 Å². The summed E-state index contributed by atoms with van der Waals surface area (Å²) in [5, 5.41) is 10.1. The average molecular weight is 310 g/mol. The number of hydrogen-bond donors (Lipinski definition) is 1. The number of rotatable bonds is 3. The lowest BCUT2D eigenvalue weighted by Gasteiger charge is -2.11. The Morgan fingerprint density at radius 1 is 1.33 bits per heavy atom. The first kappa shape index (κ1) is 13.2. The third-order valence-corrected chi connectivity index (χ3v) is 3.13. The van der Waals surface area contributed by atoms with Gasteiger partial charge in [0.25, 0.3) is 0 Å². The van der Waals surface area contributed by atoms with Gasteiger partial charge in [0.2, 0.25) is 0 Å². The fourth-order valence-electron chi connectivity index (χ4n) is 1.75. The number of hydrogen-bond acceptors (Lipinski definition) is 2. The molecule has 1 heterocycles. The maximum absolute atomic E-state index is 13.2. The Balaban J connectivity index is 2.15. The van der Waals surface area contributed by atoms with Gasteiger partial charge in [-0.1, -0.05) is 22.0 Å². The Bertz CT molecular complexity index is 522. The molecule has 2 nitrogen and oxygen atoms in total. The number of pyridine rings is 1. The standard InChI is InChI=1S/C14H13BrFNO/c1-9-2-3-11(8-17-9)14(18)6-10-4-12(15)7-13(16)5-10/h2-5,7-8,14,18H,6H2,1H3. The van der Waals surface area contributed by atoms with Gasteiger partial charge in [-0.3, -0.25) is 4.98 Å². The Labute approximate surface area is 114 Å². The molecule has 0 fully saturated rings. The molecule has 0 aliphatic heterocycles. The van der Waals surface area contributed by atoms with Crippen molar-refractivity contribution in [1.82, 2.24) is 4.98 Å². The highest BCUT2D eigenvalue weighted by molar-refractivity contribution is 9.10. The van der Waals surface area contributed by atoms with Crippen molar-refractivity contribution in [3.63, 3.8) is 0 Å². The quantitative estimate of drug-likeness (QED) is 0.940. The zero-order valence-corrected chi connectivity index (χ0v) is 11.5. The Hall–Kier alpha value is -1.26. The Morgan fingerprint density at radius 2 is 2.11 bits per heavy atom. The molecule has 0 spiro atoms. The van der Waals surface area contributed by atoms with Crippen LogP contribution in [-0.2, 0) is 6.42 Å². The van der Waals surface area contributed by atoms with E-state index in [0.717, 1.165) is 16.8 Å². The van der Waals surface area contributed by atoms with E-state index in [1.54, 1.807) is 12.3 Å². The first-order valence-corrected chi connectivity index (χ1v) is 6.39. The van der Waals surface area contributed by atoms with E-state index >= 15 is 0 Å². The second-order valence-corrected chi connectivity index (χ2v) is 5.15. The van der Waals surface area contributed by atoms with Gasteiger partial charge in [-0.05, 0) is 42.3 Å². The third-order valence-electron chi connectivity index (χ3n) is 2.67. The van der Waals surface area contributed by atoms with Gasteiger partial charge >= 0.3 is 0 Å². The number of aliphatic hydroxyl groups is 1. The van der Waals surface area contributed by atoms with Crippen molar-refractivity contribution < 1.29 is 9.50 Å². The van der Waals surface area contributed by atoms with Crippen molar-refractivity contribution in [2.75, 3.05) is 0 Å². The molecule has 0 saturated carbocycles. The van der Waals surface area contributed by atoms with Crippen LogP contribution in [0.15, 0.2) is 41.0 Å². The second kappa shape index (κ2) is 5.59. The maximum atomic E-state index is 13.2. The van der Waals surface area contributed by atoms with E-state index in [-0.39, 0.29) is 5.82 Å². The van der Waals surface area contributed by atoms with Crippen LogP contribution in [0.1, 0.15) is 22.9 Å². The van der Waals surface area contributed by atoms with Crippen LogP contribution in [0.25, 0.3) is 0 Å². The largest absolute Gasteiger partial charge is 0.388 e. The average Bonchev–Trinajstić information content (AvgIpc) is 2.28. The lowest BCUT2D eigenvalue weighted by molar-refractivity contribution is 0.178. The number of benzene rings is 1. The second-order valence-electron chi connectivity index (χ2n) is 4.23. The van der Waals surface area contributed by atoms with Crippen molar-refractivity contribution in [2.45, 2.75) is 19.4 Å². The molecule has 1 N–H and O–H groups in total. The van der Waals surface area contributed by atoms with Crippen molar-refractivity contribution >= 4 is 15.9 Å². The molecule has 18 heavy (non-hydrogen) atoms. The molecule has 0 amide bonds. The van der Waals surface area contributed by atoms with Crippen LogP contribution >= 0.6 is 15.9 Å². The van der Waals surface area contributed by atoms with Crippen molar-refractivity contribution in [1.29, 1.82) is 0 Å². The van der Waals surface area contributed by atoms with E-state index < -0.39 is 6.10 Å². The highest BCUT2D eigenvalue weighted by atomic mass is 79.9. The first-order valence-electron chi connectivity index (χ1n) is 5.60. The predicted octanol–water partition coefficient (Wildman–Crippen LogP) is 3.57. The summed E-state index contributed by atoms with van der Waals surface area (Å²) in [6.45, 7) is 1.89. The molecular weight excluding hydrogens is 297 g/mol. The van der Waals surface area contributed by atoms with E-state index in [1.807, 2.05) is 19.1 Å². The summed E-state index contributed by atoms with van der Waals surface area (Å²) in [5.41, 5.74) is 2.38. The fourth-order valence-corrected chi connectivity index (χ4v) is 2.26. The molecule has 1 aromatic carbocycles. The molecule has 1 atom stereocenters. The fraction of sp³-hybridized carbons (Fsp3) is 0.214. The third kappa shape index (κ3) is 3.37. The van der Waals surface area contributed by atoms with Gasteiger partial charge < -0.3 is 5.11 Å². The normalized spacial score (nSPS) is 12.4. The molecule has 0 radical (unpaired) electrons. The molecule has 0 aliphatic carbocycles. The lowest BCUT2D eigenvalue weighted by Crippen LogP contribution is -2.03. The predicted molar refractivity (Wildman–Crippen MR) is 71.7 cm³/mol. The van der Waals surface area contributed by atoms with E-state index in [2.05, 4.69) is 20.9 Å². The molecule has 0 aliphatic rings. The zero-order valence-electron chi connectivity index (χ0n) is 9.90. The summed E-state index contributed by atoms with van der Waals surface area (Å²) in [4.78, 5) is 4.13. The monoisotopic (exact) mass is 309 g/mol.